The smallest absolute Gasteiger partial charge is 0.221 e. The van der Waals surface area contributed by atoms with Gasteiger partial charge in [-0.05, 0) is 25.7 Å². The number of hydrogen-bond acceptors (Lipinski definition) is 3. The Morgan fingerprint density at radius 3 is 2.83 bits per heavy atom. The molecule has 1 aliphatic heterocycles. The molecule has 1 saturated carbocycles. The number of carbonyl (C=O) groups is 1. The highest BCUT2D eigenvalue weighted by atomic mass is 16.5. The quantitative estimate of drug-likeness (QED) is 0.798. The van der Waals surface area contributed by atoms with E-state index in [0.29, 0.717) is 25.0 Å². The van der Waals surface area contributed by atoms with Gasteiger partial charge >= 0.3 is 0 Å². The third-order valence-electron chi connectivity index (χ3n) is 4.18. The van der Waals surface area contributed by atoms with Crippen LogP contribution < -0.4 is 10.6 Å². The molecule has 2 rings (SSSR count). The normalized spacial score (nSPS) is 27.7. The molecule has 0 aromatic carbocycles. The Morgan fingerprint density at radius 2 is 2.17 bits per heavy atom. The summed E-state index contributed by atoms with van der Waals surface area (Å²) in [7, 11) is 0. The average Bonchev–Trinajstić information content (AvgIpc) is 2.40. The number of ether oxygens (including phenoxy) is 1. The van der Waals surface area contributed by atoms with Gasteiger partial charge in [-0.15, -0.1) is 0 Å². The SMILES string of the molecule is C[C@@H](NC(=O)CC1COCCN1)C1CCCCC1. The minimum Gasteiger partial charge on any atom is -0.378 e. The molecule has 0 aromatic rings. The molecule has 0 spiro atoms. The Balaban J connectivity index is 1.68. The molecule has 1 unspecified atom stereocenters. The summed E-state index contributed by atoms with van der Waals surface area (Å²) >= 11 is 0. The maximum absolute atomic E-state index is 12.0. The molecular formula is C14H26N2O2. The lowest BCUT2D eigenvalue weighted by atomic mass is 9.84. The highest BCUT2D eigenvalue weighted by Crippen LogP contribution is 2.26. The van der Waals surface area contributed by atoms with Crippen LogP contribution in [0.25, 0.3) is 0 Å². The summed E-state index contributed by atoms with van der Waals surface area (Å²) in [6.45, 7) is 4.43. The zero-order valence-corrected chi connectivity index (χ0v) is 11.4. The second-order valence-corrected chi connectivity index (χ2v) is 5.68. The second-order valence-electron chi connectivity index (χ2n) is 5.68. The standard InChI is InChI=1S/C14H26N2O2/c1-11(12-5-3-2-4-6-12)16-14(17)9-13-10-18-8-7-15-13/h11-13,15H,2-10H2,1H3,(H,16,17)/t11-,13?/m1/s1. The molecule has 2 atom stereocenters. The van der Waals surface area contributed by atoms with E-state index >= 15 is 0 Å². The predicted molar refractivity (Wildman–Crippen MR) is 71.4 cm³/mol. The zero-order valence-electron chi connectivity index (χ0n) is 11.4. The van der Waals surface area contributed by atoms with Crippen molar-refractivity contribution in [1.29, 1.82) is 0 Å². The van der Waals surface area contributed by atoms with Gasteiger partial charge < -0.3 is 15.4 Å². The molecule has 0 bridgehead atoms. The largest absolute Gasteiger partial charge is 0.378 e. The van der Waals surface area contributed by atoms with Crippen LogP contribution in [0.2, 0.25) is 0 Å². The van der Waals surface area contributed by atoms with Crippen molar-refractivity contribution in [2.24, 2.45) is 5.92 Å². The van der Waals surface area contributed by atoms with E-state index in [9.17, 15) is 4.79 Å². The van der Waals surface area contributed by atoms with Gasteiger partial charge in [0.1, 0.15) is 0 Å². The van der Waals surface area contributed by atoms with E-state index in [0.717, 1.165) is 13.2 Å². The van der Waals surface area contributed by atoms with E-state index in [1.807, 2.05) is 0 Å². The molecule has 1 amide bonds. The van der Waals surface area contributed by atoms with Crippen molar-refractivity contribution in [3.8, 4) is 0 Å². The van der Waals surface area contributed by atoms with Gasteiger partial charge in [0.25, 0.3) is 0 Å². The third kappa shape index (κ3) is 4.25. The maximum Gasteiger partial charge on any atom is 0.221 e. The Morgan fingerprint density at radius 1 is 1.39 bits per heavy atom. The summed E-state index contributed by atoms with van der Waals surface area (Å²) in [5.41, 5.74) is 0. The van der Waals surface area contributed by atoms with E-state index in [1.165, 1.54) is 32.1 Å². The first-order valence-electron chi connectivity index (χ1n) is 7.36. The lowest BCUT2D eigenvalue weighted by Crippen LogP contribution is -2.46. The first-order chi connectivity index (χ1) is 8.75. The number of nitrogens with one attached hydrogen (secondary N) is 2. The molecule has 2 aliphatic rings. The summed E-state index contributed by atoms with van der Waals surface area (Å²) in [6.07, 6.45) is 7.09. The molecule has 104 valence electrons. The van der Waals surface area contributed by atoms with Gasteiger partial charge in [-0.25, -0.2) is 0 Å². The van der Waals surface area contributed by atoms with Crippen LogP contribution in [-0.4, -0.2) is 37.7 Å². The molecular weight excluding hydrogens is 228 g/mol. The average molecular weight is 254 g/mol. The van der Waals surface area contributed by atoms with Crippen LogP contribution >= 0.6 is 0 Å². The van der Waals surface area contributed by atoms with Gasteiger partial charge in [-0.2, -0.15) is 0 Å². The monoisotopic (exact) mass is 254 g/mol. The van der Waals surface area contributed by atoms with Gasteiger partial charge in [0.05, 0.1) is 13.2 Å². The summed E-state index contributed by atoms with van der Waals surface area (Å²) < 4.78 is 5.36. The molecule has 4 heteroatoms. The summed E-state index contributed by atoms with van der Waals surface area (Å²) in [5.74, 6) is 0.842. The Hall–Kier alpha value is -0.610. The Labute approximate surface area is 110 Å². The molecule has 0 radical (unpaired) electrons. The molecule has 0 aromatic heterocycles. The molecule has 2 fully saturated rings. The third-order valence-corrected chi connectivity index (χ3v) is 4.18. The molecule has 18 heavy (non-hydrogen) atoms. The van der Waals surface area contributed by atoms with E-state index in [1.54, 1.807) is 0 Å². The van der Waals surface area contributed by atoms with Crippen molar-refractivity contribution in [2.75, 3.05) is 19.8 Å². The van der Waals surface area contributed by atoms with Gasteiger partial charge in [0.2, 0.25) is 5.91 Å². The van der Waals surface area contributed by atoms with Gasteiger partial charge in [0.15, 0.2) is 0 Å². The molecule has 4 nitrogen and oxygen atoms in total. The van der Waals surface area contributed by atoms with Gasteiger partial charge in [-0.1, -0.05) is 19.3 Å². The summed E-state index contributed by atoms with van der Waals surface area (Å²) in [5, 5.41) is 6.48. The number of amides is 1. The van der Waals surface area contributed by atoms with Crippen LogP contribution in [0.15, 0.2) is 0 Å². The van der Waals surface area contributed by atoms with Crippen molar-refractivity contribution < 1.29 is 9.53 Å². The second kappa shape index (κ2) is 7.10. The van der Waals surface area contributed by atoms with E-state index in [2.05, 4.69) is 17.6 Å². The predicted octanol–water partition coefficient (Wildman–Crippen LogP) is 1.45. The van der Waals surface area contributed by atoms with Crippen LogP contribution in [0.3, 0.4) is 0 Å². The minimum absolute atomic E-state index is 0.163. The molecule has 1 saturated heterocycles. The Kier molecular flexibility index (Phi) is 5.45. The van der Waals surface area contributed by atoms with E-state index in [-0.39, 0.29) is 11.9 Å². The number of carbonyl (C=O) groups excluding carboxylic acids is 1. The van der Waals surface area contributed by atoms with Crippen LogP contribution in [0.1, 0.15) is 45.4 Å². The lowest BCUT2D eigenvalue weighted by Gasteiger charge is -2.29. The van der Waals surface area contributed by atoms with Crippen molar-refractivity contribution in [3.05, 3.63) is 0 Å². The zero-order chi connectivity index (χ0) is 12.8. The van der Waals surface area contributed by atoms with Crippen LogP contribution in [0.4, 0.5) is 0 Å². The van der Waals surface area contributed by atoms with E-state index < -0.39 is 0 Å². The van der Waals surface area contributed by atoms with Gasteiger partial charge in [-0.3, -0.25) is 4.79 Å². The van der Waals surface area contributed by atoms with Gasteiger partial charge in [0, 0.05) is 25.0 Å². The summed E-state index contributed by atoms with van der Waals surface area (Å²) in [6, 6.07) is 0.514. The van der Waals surface area contributed by atoms with Crippen LogP contribution in [0, 0.1) is 5.92 Å². The van der Waals surface area contributed by atoms with E-state index in [4.69, 9.17) is 4.74 Å². The topological polar surface area (TPSA) is 50.4 Å². The van der Waals surface area contributed by atoms with Crippen LogP contribution in [0.5, 0.6) is 0 Å². The van der Waals surface area contributed by atoms with Crippen LogP contribution in [-0.2, 0) is 9.53 Å². The highest BCUT2D eigenvalue weighted by Gasteiger charge is 2.23. The molecule has 1 aliphatic carbocycles. The number of rotatable bonds is 4. The van der Waals surface area contributed by atoms with Crippen molar-refractivity contribution >= 4 is 5.91 Å². The first kappa shape index (κ1) is 13.8. The highest BCUT2D eigenvalue weighted by molar-refractivity contribution is 5.76. The molecule has 1 heterocycles. The number of morpholine rings is 1. The molecule has 2 N–H and O–H groups in total. The van der Waals surface area contributed by atoms with Crippen molar-refractivity contribution in [2.45, 2.75) is 57.5 Å². The lowest BCUT2D eigenvalue weighted by molar-refractivity contribution is -0.123. The maximum atomic E-state index is 12.0. The summed E-state index contributed by atoms with van der Waals surface area (Å²) in [4.78, 5) is 12.0. The Bertz CT molecular complexity index is 259. The fourth-order valence-electron chi connectivity index (χ4n) is 3.04. The van der Waals surface area contributed by atoms with Crippen molar-refractivity contribution in [1.82, 2.24) is 10.6 Å². The van der Waals surface area contributed by atoms with Crippen molar-refractivity contribution in [3.63, 3.8) is 0 Å². The number of hydrogen-bond donors (Lipinski definition) is 2. The fraction of sp³-hybridized carbons (Fsp3) is 0.929. The minimum atomic E-state index is 0.163. The first-order valence-corrected chi connectivity index (χ1v) is 7.36. The fourth-order valence-corrected chi connectivity index (χ4v) is 3.04.